The highest BCUT2D eigenvalue weighted by Crippen LogP contribution is 2.46. The molecule has 0 amide bonds. The molecule has 0 fully saturated rings. The number of aliphatic imine (C=N–C) groups is 1. The van der Waals surface area contributed by atoms with Gasteiger partial charge in [-0.05, 0) is 110 Å². The lowest BCUT2D eigenvalue weighted by Crippen LogP contribution is -2.09. The Balaban J connectivity index is 0.990. The van der Waals surface area contributed by atoms with Crippen molar-refractivity contribution in [1.82, 2.24) is 0 Å². The molecule has 2 nitrogen and oxygen atoms in total. The quantitative estimate of drug-likeness (QED) is 0.175. The van der Waals surface area contributed by atoms with E-state index < -0.39 is 0 Å². The Morgan fingerprint density at radius 3 is 1.71 bits per heavy atom. The topological polar surface area (TPSA) is 15.6 Å². The molecule has 0 spiro atoms. The van der Waals surface area contributed by atoms with E-state index >= 15 is 0 Å². The van der Waals surface area contributed by atoms with Gasteiger partial charge in [0, 0.05) is 29.0 Å². The molecule has 2 aliphatic rings. The van der Waals surface area contributed by atoms with Crippen molar-refractivity contribution in [1.29, 1.82) is 0 Å². The maximum absolute atomic E-state index is 5.09. The summed E-state index contributed by atoms with van der Waals surface area (Å²) in [6.45, 7) is 0. The number of rotatable bonds is 6. The Morgan fingerprint density at radius 2 is 0.980 bits per heavy atom. The SMILES string of the molecule is c1ccc(N(c2ccccc2)c2ccc(-c3ccc(-c4cccc5ccc6c(c45)Cc4cccc(C5=Nc7ccccc7C5)c4-6)cc3)cc2)cc1. The standard InChI is InChI=1S/C49H34N2/c1-3-14-39(15-4-1)51(40-16-5-2-6-17-40)41-28-25-34(26-29-41)33-21-23-35(24-22-33)42-18-9-12-36-27-30-43-45(48(36)42)31-38-13-10-19-44(49(38)43)47-32-37-11-7-8-20-46(37)50-47/h1-30H,31-32H2. The van der Waals surface area contributed by atoms with Crippen LogP contribution in [0.4, 0.5) is 22.7 Å². The summed E-state index contributed by atoms with van der Waals surface area (Å²) in [7, 11) is 0. The van der Waals surface area contributed by atoms with Gasteiger partial charge >= 0.3 is 0 Å². The Hall–Kier alpha value is -6.51. The third-order valence-electron chi connectivity index (χ3n) is 10.5. The van der Waals surface area contributed by atoms with Gasteiger partial charge in [0.05, 0.1) is 11.4 Å². The van der Waals surface area contributed by atoms with Crippen LogP contribution in [0.1, 0.15) is 22.3 Å². The molecule has 0 bridgehead atoms. The van der Waals surface area contributed by atoms with E-state index in [-0.39, 0.29) is 0 Å². The van der Waals surface area contributed by atoms with Gasteiger partial charge in [-0.25, -0.2) is 0 Å². The molecule has 0 unspecified atom stereocenters. The first-order valence-corrected chi connectivity index (χ1v) is 17.7. The maximum atomic E-state index is 5.09. The molecule has 51 heavy (non-hydrogen) atoms. The van der Waals surface area contributed by atoms with Gasteiger partial charge in [0.1, 0.15) is 0 Å². The number of nitrogens with zero attached hydrogens (tertiary/aromatic N) is 2. The van der Waals surface area contributed by atoms with Crippen LogP contribution in [0.3, 0.4) is 0 Å². The van der Waals surface area contributed by atoms with Crippen molar-refractivity contribution in [2.75, 3.05) is 4.90 Å². The molecule has 2 heteroatoms. The summed E-state index contributed by atoms with van der Waals surface area (Å²) in [6.07, 6.45) is 1.81. The highest BCUT2D eigenvalue weighted by molar-refractivity contribution is 6.13. The minimum Gasteiger partial charge on any atom is -0.311 e. The van der Waals surface area contributed by atoms with Crippen LogP contribution in [0.25, 0.3) is 44.2 Å². The summed E-state index contributed by atoms with van der Waals surface area (Å²) in [4.78, 5) is 7.39. The molecule has 0 radical (unpaired) electrons. The highest BCUT2D eigenvalue weighted by atomic mass is 15.1. The molecule has 1 heterocycles. The van der Waals surface area contributed by atoms with Gasteiger partial charge in [-0.3, -0.25) is 4.99 Å². The number of hydrogen-bond acceptors (Lipinski definition) is 2. The Bertz CT molecular complexity index is 2560. The first kappa shape index (κ1) is 29.4. The molecule has 8 aromatic carbocycles. The van der Waals surface area contributed by atoms with Crippen LogP contribution in [0, 0.1) is 0 Å². The highest BCUT2D eigenvalue weighted by Gasteiger charge is 2.27. The van der Waals surface area contributed by atoms with Gasteiger partial charge in [-0.1, -0.05) is 140 Å². The van der Waals surface area contributed by atoms with E-state index in [0.29, 0.717) is 0 Å². The van der Waals surface area contributed by atoms with E-state index in [4.69, 9.17) is 4.99 Å². The number of para-hydroxylation sites is 3. The van der Waals surface area contributed by atoms with Gasteiger partial charge in [0.15, 0.2) is 0 Å². The number of hydrogen-bond donors (Lipinski definition) is 0. The second-order valence-electron chi connectivity index (χ2n) is 13.5. The second-order valence-corrected chi connectivity index (χ2v) is 13.5. The lowest BCUT2D eigenvalue weighted by atomic mass is 9.90. The van der Waals surface area contributed by atoms with E-state index in [2.05, 4.69) is 187 Å². The average Bonchev–Trinajstić information content (AvgIpc) is 3.81. The molecule has 8 aromatic rings. The fourth-order valence-electron chi connectivity index (χ4n) is 8.15. The van der Waals surface area contributed by atoms with Gasteiger partial charge in [-0.2, -0.15) is 0 Å². The van der Waals surface area contributed by atoms with Crippen molar-refractivity contribution in [3.63, 3.8) is 0 Å². The minimum absolute atomic E-state index is 0.883. The molecule has 1 aliphatic carbocycles. The lowest BCUT2D eigenvalue weighted by Gasteiger charge is -2.25. The smallest absolute Gasteiger partial charge is 0.0669 e. The number of anilines is 3. The summed E-state index contributed by atoms with van der Waals surface area (Å²) < 4.78 is 0. The zero-order chi connectivity index (χ0) is 33.7. The molecule has 240 valence electrons. The molecule has 0 aromatic heterocycles. The Kier molecular flexibility index (Phi) is 6.99. The van der Waals surface area contributed by atoms with Gasteiger partial charge < -0.3 is 4.90 Å². The fourth-order valence-corrected chi connectivity index (χ4v) is 8.15. The van der Waals surface area contributed by atoms with E-state index in [1.165, 1.54) is 72.1 Å². The van der Waals surface area contributed by atoms with Crippen molar-refractivity contribution in [2.45, 2.75) is 12.8 Å². The van der Waals surface area contributed by atoms with Crippen molar-refractivity contribution in [2.24, 2.45) is 4.99 Å². The molecule has 0 atom stereocenters. The summed E-state index contributed by atoms with van der Waals surface area (Å²) in [6, 6.07) is 65.8. The van der Waals surface area contributed by atoms with Crippen LogP contribution < -0.4 is 4.90 Å². The Labute approximate surface area is 298 Å². The summed E-state index contributed by atoms with van der Waals surface area (Å²) in [5.41, 5.74) is 18.7. The lowest BCUT2D eigenvalue weighted by molar-refractivity contribution is 1.28. The first-order valence-electron chi connectivity index (χ1n) is 17.7. The summed E-state index contributed by atoms with van der Waals surface area (Å²) >= 11 is 0. The third-order valence-corrected chi connectivity index (χ3v) is 10.5. The minimum atomic E-state index is 0.883. The molecule has 1 aliphatic heterocycles. The van der Waals surface area contributed by atoms with Crippen LogP contribution in [0.2, 0.25) is 0 Å². The van der Waals surface area contributed by atoms with Gasteiger partial charge in [0.25, 0.3) is 0 Å². The van der Waals surface area contributed by atoms with E-state index in [1.54, 1.807) is 0 Å². The van der Waals surface area contributed by atoms with Crippen molar-refractivity contribution >= 4 is 39.2 Å². The van der Waals surface area contributed by atoms with Crippen molar-refractivity contribution < 1.29 is 0 Å². The molecule has 0 saturated carbocycles. The number of fused-ring (bicyclic) bond motifs is 6. The normalized spacial score (nSPS) is 12.7. The van der Waals surface area contributed by atoms with Crippen molar-refractivity contribution in [3.05, 3.63) is 204 Å². The predicted molar refractivity (Wildman–Crippen MR) is 214 cm³/mol. The predicted octanol–water partition coefficient (Wildman–Crippen LogP) is 12.9. The van der Waals surface area contributed by atoms with E-state index in [9.17, 15) is 0 Å². The second kappa shape index (κ2) is 12.1. The maximum Gasteiger partial charge on any atom is 0.0669 e. The molecule has 0 saturated heterocycles. The van der Waals surface area contributed by atoms with E-state index in [1.807, 2.05) is 0 Å². The first-order chi connectivity index (χ1) is 25.3. The molecular formula is C49H34N2. The van der Waals surface area contributed by atoms with Crippen LogP contribution in [-0.2, 0) is 12.8 Å². The van der Waals surface area contributed by atoms with Crippen LogP contribution in [-0.4, -0.2) is 5.71 Å². The van der Waals surface area contributed by atoms with Crippen LogP contribution >= 0.6 is 0 Å². The van der Waals surface area contributed by atoms with E-state index in [0.717, 1.165) is 35.6 Å². The van der Waals surface area contributed by atoms with Gasteiger partial charge in [-0.15, -0.1) is 0 Å². The third kappa shape index (κ3) is 5.07. The van der Waals surface area contributed by atoms with Gasteiger partial charge in [0.2, 0.25) is 0 Å². The van der Waals surface area contributed by atoms with Crippen LogP contribution in [0.5, 0.6) is 0 Å². The molecular weight excluding hydrogens is 617 g/mol. The average molecular weight is 651 g/mol. The van der Waals surface area contributed by atoms with Crippen LogP contribution in [0.15, 0.2) is 187 Å². The fraction of sp³-hybridized carbons (Fsp3) is 0.0408. The Morgan fingerprint density at radius 1 is 0.392 bits per heavy atom. The summed E-state index contributed by atoms with van der Waals surface area (Å²) in [5.74, 6) is 0. The zero-order valence-corrected chi connectivity index (χ0v) is 28.1. The monoisotopic (exact) mass is 650 g/mol. The molecule has 10 rings (SSSR count). The summed E-state index contributed by atoms with van der Waals surface area (Å²) in [5, 5.41) is 2.64. The van der Waals surface area contributed by atoms with Crippen molar-refractivity contribution in [3.8, 4) is 33.4 Å². The zero-order valence-electron chi connectivity index (χ0n) is 28.1. The largest absolute Gasteiger partial charge is 0.311 e. The number of benzene rings is 8. The molecule has 0 N–H and O–H groups in total.